The number of unbranched alkanes of at least 4 members (excludes halogenated alkanes) is 1. The Morgan fingerprint density at radius 3 is 2.71 bits per heavy atom. The monoisotopic (exact) mass is 441 g/mol. The molecule has 2 N–H and O–H groups in total. The predicted octanol–water partition coefficient (Wildman–Crippen LogP) is 3.26. The fraction of sp³-hybridized carbons (Fsp3) is 0.444. The van der Waals surface area contributed by atoms with E-state index in [9.17, 15) is 0 Å². The van der Waals surface area contributed by atoms with Crippen LogP contribution in [0.5, 0.6) is 0 Å². The summed E-state index contributed by atoms with van der Waals surface area (Å²) >= 11 is 0. The molecule has 0 aliphatic carbocycles. The van der Waals surface area contributed by atoms with Gasteiger partial charge in [-0.1, -0.05) is 29.8 Å². The molecule has 1 aromatic heterocycles. The van der Waals surface area contributed by atoms with Crippen LogP contribution in [0.1, 0.15) is 29.8 Å². The van der Waals surface area contributed by atoms with Gasteiger partial charge in [0.05, 0.1) is 0 Å². The van der Waals surface area contributed by atoms with Crippen molar-refractivity contribution in [2.75, 3.05) is 13.6 Å². The van der Waals surface area contributed by atoms with Gasteiger partial charge in [0.25, 0.3) is 0 Å². The zero-order valence-corrected chi connectivity index (χ0v) is 17.1. The summed E-state index contributed by atoms with van der Waals surface area (Å²) in [5, 5.41) is 6.71. The van der Waals surface area contributed by atoms with Gasteiger partial charge in [-0.3, -0.25) is 4.99 Å². The molecule has 0 unspecified atom stereocenters. The summed E-state index contributed by atoms with van der Waals surface area (Å²) in [7, 11) is 1.81. The van der Waals surface area contributed by atoms with Gasteiger partial charge < -0.3 is 15.2 Å². The van der Waals surface area contributed by atoms with Gasteiger partial charge in [-0.05, 0) is 32.3 Å². The van der Waals surface area contributed by atoms with Crippen molar-refractivity contribution in [1.82, 2.24) is 20.2 Å². The molecule has 0 bridgehead atoms. The molecule has 0 amide bonds. The Morgan fingerprint density at radius 1 is 1.21 bits per heavy atom. The number of aromatic nitrogens is 2. The van der Waals surface area contributed by atoms with E-state index in [4.69, 9.17) is 0 Å². The Morgan fingerprint density at radius 2 is 2.04 bits per heavy atom. The largest absolute Gasteiger partial charge is 0.356 e. The standard InChI is InChI=1S/C18H27N5.HI/c1-15-7-6-8-17(13-15)14-22-18(19-3)21-9-4-5-11-23-12-10-20-16(23)2;/h6-8,10,12-13H,4-5,9,11,14H2,1-3H3,(H2,19,21,22);1H. The third kappa shape index (κ3) is 6.90. The van der Waals surface area contributed by atoms with Gasteiger partial charge in [-0.15, -0.1) is 24.0 Å². The number of hydrogen-bond acceptors (Lipinski definition) is 2. The lowest BCUT2D eigenvalue weighted by atomic mass is 10.1. The first kappa shape index (κ1) is 20.5. The molecular weight excluding hydrogens is 413 g/mol. The first-order chi connectivity index (χ1) is 11.2. The maximum absolute atomic E-state index is 4.27. The van der Waals surface area contributed by atoms with Crippen LogP contribution in [0.4, 0.5) is 0 Å². The highest BCUT2D eigenvalue weighted by atomic mass is 127. The van der Waals surface area contributed by atoms with Crippen LogP contribution in [0.15, 0.2) is 41.7 Å². The van der Waals surface area contributed by atoms with Crippen LogP contribution in [-0.2, 0) is 13.1 Å². The van der Waals surface area contributed by atoms with Crippen molar-refractivity contribution in [1.29, 1.82) is 0 Å². The van der Waals surface area contributed by atoms with Crippen molar-refractivity contribution in [3.8, 4) is 0 Å². The van der Waals surface area contributed by atoms with Crippen LogP contribution < -0.4 is 10.6 Å². The minimum Gasteiger partial charge on any atom is -0.356 e. The summed E-state index contributed by atoms with van der Waals surface area (Å²) in [5.41, 5.74) is 2.55. The number of nitrogens with one attached hydrogen (secondary N) is 2. The first-order valence-electron chi connectivity index (χ1n) is 8.17. The van der Waals surface area contributed by atoms with Crippen molar-refractivity contribution < 1.29 is 0 Å². The predicted molar refractivity (Wildman–Crippen MR) is 111 cm³/mol. The maximum Gasteiger partial charge on any atom is 0.191 e. The van der Waals surface area contributed by atoms with Crippen LogP contribution >= 0.6 is 24.0 Å². The second-order valence-electron chi connectivity index (χ2n) is 5.72. The van der Waals surface area contributed by atoms with E-state index in [-0.39, 0.29) is 24.0 Å². The lowest BCUT2D eigenvalue weighted by Crippen LogP contribution is -2.37. The quantitative estimate of drug-likeness (QED) is 0.300. The zero-order valence-electron chi connectivity index (χ0n) is 14.7. The van der Waals surface area contributed by atoms with Crippen LogP contribution in [0, 0.1) is 13.8 Å². The highest BCUT2D eigenvalue weighted by molar-refractivity contribution is 14.0. The van der Waals surface area contributed by atoms with Crippen LogP contribution in [-0.4, -0.2) is 29.1 Å². The maximum atomic E-state index is 4.27. The molecule has 0 spiro atoms. The summed E-state index contributed by atoms with van der Waals surface area (Å²) in [5.74, 6) is 1.93. The lowest BCUT2D eigenvalue weighted by molar-refractivity contribution is 0.588. The molecule has 6 heteroatoms. The van der Waals surface area contributed by atoms with E-state index >= 15 is 0 Å². The van der Waals surface area contributed by atoms with E-state index < -0.39 is 0 Å². The smallest absolute Gasteiger partial charge is 0.191 e. The fourth-order valence-corrected chi connectivity index (χ4v) is 2.48. The highest BCUT2D eigenvalue weighted by Gasteiger charge is 1.99. The summed E-state index contributed by atoms with van der Waals surface area (Å²) in [6.45, 7) is 6.87. The number of nitrogens with zero attached hydrogens (tertiary/aromatic N) is 3. The molecule has 0 radical (unpaired) electrons. The summed E-state index contributed by atoms with van der Waals surface area (Å²) in [4.78, 5) is 8.50. The summed E-state index contributed by atoms with van der Waals surface area (Å²) in [6.07, 6.45) is 6.11. The molecule has 132 valence electrons. The van der Waals surface area contributed by atoms with Crippen molar-refractivity contribution >= 4 is 29.9 Å². The Balaban J connectivity index is 0.00000288. The van der Waals surface area contributed by atoms with E-state index in [1.54, 1.807) is 7.05 Å². The van der Waals surface area contributed by atoms with Crippen LogP contribution in [0.2, 0.25) is 0 Å². The number of guanidine groups is 1. The van der Waals surface area contributed by atoms with E-state index in [2.05, 4.69) is 56.4 Å². The minimum atomic E-state index is 0. The third-order valence-electron chi connectivity index (χ3n) is 3.81. The van der Waals surface area contributed by atoms with E-state index in [1.165, 1.54) is 11.1 Å². The average Bonchev–Trinajstić information content (AvgIpc) is 2.95. The molecule has 0 atom stereocenters. The first-order valence-corrected chi connectivity index (χ1v) is 8.17. The summed E-state index contributed by atoms with van der Waals surface area (Å²) < 4.78 is 2.19. The van der Waals surface area contributed by atoms with Gasteiger partial charge in [0, 0.05) is 39.1 Å². The number of rotatable bonds is 7. The molecule has 1 aromatic carbocycles. The lowest BCUT2D eigenvalue weighted by Gasteiger charge is -2.12. The highest BCUT2D eigenvalue weighted by Crippen LogP contribution is 2.03. The minimum absolute atomic E-state index is 0. The fourth-order valence-electron chi connectivity index (χ4n) is 2.48. The van der Waals surface area contributed by atoms with Gasteiger partial charge >= 0.3 is 0 Å². The zero-order chi connectivity index (χ0) is 16.5. The molecule has 0 saturated carbocycles. The molecule has 0 aliphatic rings. The topological polar surface area (TPSA) is 54.2 Å². The molecule has 0 saturated heterocycles. The molecular formula is C18H28IN5. The van der Waals surface area contributed by atoms with Crippen molar-refractivity contribution in [2.24, 2.45) is 4.99 Å². The van der Waals surface area contributed by atoms with Gasteiger partial charge in [0.15, 0.2) is 5.96 Å². The number of hydrogen-bond donors (Lipinski definition) is 2. The molecule has 2 rings (SSSR count). The number of benzene rings is 1. The molecule has 2 aromatic rings. The molecule has 5 nitrogen and oxygen atoms in total. The Kier molecular flexibility index (Phi) is 9.44. The van der Waals surface area contributed by atoms with Crippen molar-refractivity contribution in [3.05, 3.63) is 53.6 Å². The third-order valence-corrected chi connectivity index (χ3v) is 3.81. The summed E-state index contributed by atoms with van der Waals surface area (Å²) in [6, 6.07) is 8.51. The molecule has 0 fully saturated rings. The van der Waals surface area contributed by atoms with Gasteiger partial charge in [0.2, 0.25) is 0 Å². The van der Waals surface area contributed by atoms with Gasteiger partial charge in [0.1, 0.15) is 5.82 Å². The SMILES string of the molecule is CN=C(NCCCCn1ccnc1C)NCc1cccc(C)c1.I. The normalized spacial score (nSPS) is 11.0. The molecule has 24 heavy (non-hydrogen) atoms. The van der Waals surface area contributed by atoms with Crippen LogP contribution in [0.3, 0.4) is 0 Å². The van der Waals surface area contributed by atoms with Crippen LogP contribution in [0.25, 0.3) is 0 Å². The van der Waals surface area contributed by atoms with E-state index in [0.717, 1.165) is 44.3 Å². The molecule has 1 heterocycles. The van der Waals surface area contributed by atoms with Gasteiger partial charge in [-0.25, -0.2) is 4.98 Å². The average molecular weight is 441 g/mol. The second-order valence-corrected chi connectivity index (χ2v) is 5.72. The number of halogens is 1. The van der Waals surface area contributed by atoms with E-state index in [0.29, 0.717) is 0 Å². The number of aryl methyl sites for hydroxylation is 3. The van der Waals surface area contributed by atoms with Gasteiger partial charge in [-0.2, -0.15) is 0 Å². The molecule has 0 aliphatic heterocycles. The van der Waals surface area contributed by atoms with Crippen molar-refractivity contribution in [3.63, 3.8) is 0 Å². The number of aliphatic imine (C=N–C) groups is 1. The Labute approximate surface area is 162 Å². The second kappa shape index (κ2) is 11.1. The Hall–Kier alpha value is -1.57. The van der Waals surface area contributed by atoms with E-state index in [1.807, 2.05) is 19.3 Å². The Bertz CT molecular complexity index is 636. The number of imidazole rings is 1. The van der Waals surface area contributed by atoms with Crippen molar-refractivity contribution in [2.45, 2.75) is 39.8 Å².